The Bertz CT molecular complexity index is 905. The number of anilines is 1. The van der Waals surface area contributed by atoms with Gasteiger partial charge in [0.2, 0.25) is 0 Å². The van der Waals surface area contributed by atoms with E-state index in [1.807, 2.05) is 43.6 Å². The number of fused-ring (bicyclic) bond motifs is 2. The van der Waals surface area contributed by atoms with Crippen molar-refractivity contribution in [1.82, 2.24) is 9.55 Å². The third kappa shape index (κ3) is 1.76. The zero-order chi connectivity index (χ0) is 14.4. The SMILES string of the molecule is Cn1cc(/C=C2\C(=O)Nc3cccnc32)c2ccccc21. The van der Waals surface area contributed by atoms with Crippen LogP contribution in [0.1, 0.15) is 11.3 Å². The highest BCUT2D eigenvalue weighted by Gasteiger charge is 2.25. The van der Waals surface area contributed by atoms with Crippen LogP contribution in [0.3, 0.4) is 0 Å². The number of nitrogens with zero attached hydrogens (tertiary/aromatic N) is 2. The molecule has 0 fully saturated rings. The predicted octanol–water partition coefficient (Wildman–Crippen LogP) is 3.07. The molecule has 102 valence electrons. The number of carbonyl (C=O) groups is 1. The number of benzene rings is 1. The molecule has 4 nitrogen and oxygen atoms in total. The highest BCUT2D eigenvalue weighted by Crippen LogP contribution is 2.32. The van der Waals surface area contributed by atoms with Crippen LogP contribution in [0.25, 0.3) is 22.6 Å². The first-order valence-electron chi connectivity index (χ1n) is 6.76. The Morgan fingerprint density at radius 2 is 2.05 bits per heavy atom. The minimum Gasteiger partial charge on any atom is -0.350 e. The largest absolute Gasteiger partial charge is 0.350 e. The molecule has 0 saturated carbocycles. The molecule has 0 saturated heterocycles. The maximum absolute atomic E-state index is 12.2. The first-order valence-corrected chi connectivity index (χ1v) is 6.76. The fourth-order valence-electron chi connectivity index (χ4n) is 2.80. The smallest absolute Gasteiger partial charge is 0.258 e. The molecule has 3 aromatic rings. The summed E-state index contributed by atoms with van der Waals surface area (Å²) >= 11 is 0. The van der Waals surface area contributed by atoms with Crippen LogP contribution in [-0.4, -0.2) is 15.5 Å². The van der Waals surface area contributed by atoms with Crippen LogP contribution in [0, 0.1) is 0 Å². The molecule has 0 radical (unpaired) electrons. The van der Waals surface area contributed by atoms with Crippen LogP contribution in [-0.2, 0) is 11.8 Å². The van der Waals surface area contributed by atoms with Gasteiger partial charge in [-0.05, 0) is 24.3 Å². The Hall–Kier alpha value is -2.88. The monoisotopic (exact) mass is 275 g/mol. The van der Waals surface area contributed by atoms with E-state index in [0.717, 1.165) is 27.8 Å². The summed E-state index contributed by atoms with van der Waals surface area (Å²) in [5, 5.41) is 3.98. The van der Waals surface area contributed by atoms with Gasteiger partial charge in [0.1, 0.15) is 0 Å². The first kappa shape index (κ1) is 11.9. The second-order valence-electron chi connectivity index (χ2n) is 5.12. The lowest BCUT2D eigenvalue weighted by molar-refractivity contribution is -0.110. The Balaban J connectivity index is 1.93. The van der Waals surface area contributed by atoms with Gasteiger partial charge in [-0.15, -0.1) is 0 Å². The molecule has 2 aromatic heterocycles. The van der Waals surface area contributed by atoms with Gasteiger partial charge < -0.3 is 9.88 Å². The maximum Gasteiger partial charge on any atom is 0.258 e. The highest BCUT2D eigenvalue weighted by molar-refractivity contribution is 6.34. The van der Waals surface area contributed by atoms with Crippen molar-refractivity contribution < 1.29 is 4.79 Å². The molecular formula is C17H13N3O. The van der Waals surface area contributed by atoms with E-state index in [1.54, 1.807) is 6.20 Å². The van der Waals surface area contributed by atoms with Crippen molar-refractivity contribution >= 4 is 34.1 Å². The van der Waals surface area contributed by atoms with Gasteiger partial charge in [-0.25, -0.2) is 0 Å². The van der Waals surface area contributed by atoms with E-state index in [4.69, 9.17) is 0 Å². The third-order valence-corrected chi connectivity index (χ3v) is 3.78. The van der Waals surface area contributed by atoms with E-state index in [0.29, 0.717) is 5.57 Å². The van der Waals surface area contributed by atoms with Gasteiger partial charge in [0.15, 0.2) is 0 Å². The number of nitrogens with one attached hydrogen (secondary N) is 1. The number of rotatable bonds is 1. The molecule has 0 spiro atoms. The molecule has 0 unspecified atom stereocenters. The quantitative estimate of drug-likeness (QED) is 0.694. The van der Waals surface area contributed by atoms with Gasteiger partial charge in [0.25, 0.3) is 5.91 Å². The van der Waals surface area contributed by atoms with Crippen molar-refractivity contribution in [2.45, 2.75) is 0 Å². The summed E-state index contributed by atoms with van der Waals surface area (Å²) < 4.78 is 2.06. The molecule has 21 heavy (non-hydrogen) atoms. The predicted molar refractivity (Wildman–Crippen MR) is 83.7 cm³/mol. The minimum atomic E-state index is -0.100. The summed E-state index contributed by atoms with van der Waals surface area (Å²) in [4.78, 5) is 16.5. The third-order valence-electron chi connectivity index (χ3n) is 3.78. The van der Waals surface area contributed by atoms with Crippen LogP contribution < -0.4 is 5.32 Å². The van der Waals surface area contributed by atoms with Gasteiger partial charge in [-0.3, -0.25) is 9.78 Å². The molecule has 4 heteroatoms. The fourth-order valence-corrected chi connectivity index (χ4v) is 2.80. The molecule has 1 aromatic carbocycles. The standard InChI is InChI=1S/C17H13N3O/c1-20-10-11(12-5-2-3-7-15(12)20)9-13-16-14(19-17(13)21)6-4-8-18-16/h2-10H,1H3,(H,19,21)/b13-9-. The zero-order valence-corrected chi connectivity index (χ0v) is 11.5. The molecule has 0 atom stereocenters. The van der Waals surface area contributed by atoms with E-state index in [9.17, 15) is 4.79 Å². The molecule has 4 rings (SSSR count). The fraction of sp³-hybridized carbons (Fsp3) is 0.0588. The lowest BCUT2D eigenvalue weighted by Gasteiger charge is -1.96. The van der Waals surface area contributed by atoms with Gasteiger partial charge in [0.05, 0.1) is 17.0 Å². The summed E-state index contributed by atoms with van der Waals surface area (Å²) in [6.45, 7) is 0. The average molecular weight is 275 g/mol. The summed E-state index contributed by atoms with van der Waals surface area (Å²) in [5.74, 6) is -0.100. The van der Waals surface area contributed by atoms with Crippen LogP contribution in [0.15, 0.2) is 48.8 Å². The second kappa shape index (κ2) is 4.31. The molecule has 1 aliphatic heterocycles. The van der Waals surface area contributed by atoms with Crippen LogP contribution >= 0.6 is 0 Å². The Morgan fingerprint density at radius 1 is 1.19 bits per heavy atom. The number of aromatic nitrogens is 2. The van der Waals surface area contributed by atoms with Gasteiger partial charge in [0, 0.05) is 35.9 Å². The summed E-state index contributed by atoms with van der Waals surface area (Å²) in [6, 6.07) is 11.8. The van der Waals surface area contributed by atoms with Crippen LogP contribution in [0.2, 0.25) is 0 Å². The number of hydrogen-bond acceptors (Lipinski definition) is 2. The Morgan fingerprint density at radius 3 is 2.95 bits per heavy atom. The number of hydrogen-bond donors (Lipinski definition) is 1. The van der Waals surface area contributed by atoms with Crippen molar-refractivity contribution in [3.63, 3.8) is 0 Å². The minimum absolute atomic E-state index is 0.100. The second-order valence-corrected chi connectivity index (χ2v) is 5.12. The molecule has 1 aliphatic rings. The van der Waals surface area contributed by atoms with Crippen molar-refractivity contribution in [3.05, 3.63) is 60.0 Å². The number of para-hydroxylation sites is 1. The van der Waals surface area contributed by atoms with E-state index in [-0.39, 0.29) is 5.91 Å². The van der Waals surface area contributed by atoms with Gasteiger partial charge in [-0.1, -0.05) is 18.2 Å². The number of amides is 1. The lowest BCUT2D eigenvalue weighted by Crippen LogP contribution is -2.03. The molecule has 0 aliphatic carbocycles. The topological polar surface area (TPSA) is 46.9 Å². The first-order chi connectivity index (χ1) is 10.2. The summed E-state index contributed by atoms with van der Waals surface area (Å²) in [6.07, 6.45) is 5.65. The van der Waals surface area contributed by atoms with Crippen LogP contribution in [0.4, 0.5) is 5.69 Å². The molecule has 0 bridgehead atoms. The summed E-state index contributed by atoms with van der Waals surface area (Å²) in [7, 11) is 2.01. The molecule has 3 heterocycles. The summed E-state index contributed by atoms with van der Waals surface area (Å²) in [5.41, 5.74) is 4.27. The Kier molecular flexibility index (Phi) is 2.44. The van der Waals surface area contributed by atoms with Gasteiger partial charge >= 0.3 is 0 Å². The van der Waals surface area contributed by atoms with Crippen molar-refractivity contribution in [2.24, 2.45) is 7.05 Å². The lowest BCUT2D eigenvalue weighted by atomic mass is 10.1. The number of pyridine rings is 1. The van der Waals surface area contributed by atoms with Crippen molar-refractivity contribution in [3.8, 4) is 0 Å². The molecular weight excluding hydrogens is 262 g/mol. The highest BCUT2D eigenvalue weighted by atomic mass is 16.2. The number of carbonyl (C=O) groups excluding carboxylic acids is 1. The van der Waals surface area contributed by atoms with E-state index < -0.39 is 0 Å². The van der Waals surface area contributed by atoms with Crippen molar-refractivity contribution in [1.29, 1.82) is 0 Å². The van der Waals surface area contributed by atoms with Gasteiger partial charge in [-0.2, -0.15) is 0 Å². The van der Waals surface area contributed by atoms with Crippen molar-refractivity contribution in [2.75, 3.05) is 5.32 Å². The maximum atomic E-state index is 12.2. The Labute approximate surface area is 121 Å². The van der Waals surface area contributed by atoms with Crippen LogP contribution in [0.5, 0.6) is 0 Å². The zero-order valence-electron chi connectivity index (χ0n) is 11.5. The molecule has 1 N–H and O–H groups in total. The van der Waals surface area contributed by atoms with E-state index >= 15 is 0 Å². The van der Waals surface area contributed by atoms with E-state index in [1.165, 1.54) is 0 Å². The molecule has 1 amide bonds. The van der Waals surface area contributed by atoms with E-state index in [2.05, 4.69) is 27.0 Å². The average Bonchev–Trinajstić information content (AvgIpc) is 2.99. The number of aryl methyl sites for hydroxylation is 1. The normalized spacial score (nSPS) is 15.5.